The minimum absolute atomic E-state index is 0.127. The predicted molar refractivity (Wildman–Crippen MR) is 120 cm³/mol. The van der Waals surface area contributed by atoms with Gasteiger partial charge in [0.05, 0.1) is 38.1 Å². The van der Waals surface area contributed by atoms with Gasteiger partial charge in [-0.25, -0.2) is 0 Å². The summed E-state index contributed by atoms with van der Waals surface area (Å²) in [4.78, 5) is 25.0. The number of rotatable bonds is 8. The highest BCUT2D eigenvalue weighted by molar-refractivity contribution is 5.82. The van der Waals surface area contributed by atoms with Crippen LogP contribution in [0.4, 0.5) is 0 Å². The highest BCUT2D eigenvalue weighted by Gasteiger charge is 2.41. The normalized spacial score (nSPS) is 24.4. The number of benzene rings is 2. The molecule has 3 rings (SSSR count). The molecule has 1 amide bonds. The Labute approximate surface area is 185 Å². The van der Waals surface area contributed by atoms with Crippen LogP contribution in [-0.4, -0.2) is 38.1 Å². The third-order valence-electron chi connectivity index (χ3n) is 7.00. The summed E-state index contributed by atoms with van der Waals surface area (Å²) in [5, 5.41) is 13.4. The molecule has 0 aliphatic carbocycles. The molecule has 2 N–H and O–H groups in total. The molecule has 1 saturated heterocycles. The standard InChI is InChI=1S/C26H34N2O3/c1-19-8-7-11-23(14-19)26(3)12-13-28(17-20(26)2)18-22(25(31)27-16-24(29)30)15-21-9-5-4-6-10-21/h4-11,14,20,22H,12-13,15-18H2,1-3H3,(H,27,31)(H,29,30)/t20-,22+,26+/m0/s1. The van der Waals surface area contributed by atoms with E-state index in [2.05, 4.69) is 50.4 Å². The summed E-state index contributed by atoms with van der Waals surface area (Å²) < 4.78 is 0. The third-order valence-corrected chi connectivity index (χ3v) is 7.00. The first kappa shape index (κ1) is 23.0. The van der Waals surface area contributed by atoms with Gasteiger partial charge < -0.3 is 20.1 Å². The average molecular weight is 423 g/mol. The van der Waals surface area contributed by atoms with Crippen molar-refractivity contribution in [2.45, 2.75) is 39.0 Å². The van der Waals surface area contributed by atoms with Gasteiger partial charge in [-0.05, 0) is 24.5 Å². The molecule has 0 aromatic heterocycles. The molecule has 166 valence electrons. The molecule has 1 fully saturated rings. The second-order valence-corrected chi connectivity index (χ2v) is 9.32. The van der Waals surface area contributed by atoms with Crippen molar-refractivity contribution in [3.8, 4) is 0 Å². The number of aryl methyl sites for hydroxylation is 1. The lowest BCUT2D eigenvalue weighted by atomic mass is 9.67. The monoisotopic (exact) mass is 422 g/mol. The number of piperidine rings is 1. The molecular weight excluding hydrogens is 388 g/mol. The SMILES string of the molecule is Cc1cccc([C@]2(C)CC[NH+](C[C@@H](Cc3ccccc3)C(=O)NCC(=O)[O-])C[C@@H]2C)c1. The van der Waals surface area contributed by atoms with Crippen LogP contribution in [0.2, 0.25) is 0 Å². The van der Waals surface area contributed by atoms with Gasteiger partial charge in [0, 0.05) is 17.8 Å². The molecule has 1 aliphatic rings. The van der Waals surface area contributed by atoms with Crippen molar-refractivity contribution >= 4 is 11.9 Å². The van der Waals surface area contributed by atoms with E-state index in [9.17, 15) is 14.7 Å². The molecular formula is C26H34N2O3. The van der Waals surface area contributed by atoms with Gasteiger partial charge in [0.1, 0.15) is 0 Å². The molecule has 0 bridgehead atoms. The summed E-state index contributed by atoms with van der Waals surface area (Å²) in [5.41, 5.74) is 3.90. The number of carboxylic acid groups (broad SMARTS) is 1. The summed E-state index contributed by atoms with van der Waals surface area (Å²) in [6.07, 6.45) is 1.67. The Hall–Kier alpha value is -2.66. The number of aliphatic carboxylic acids is 1. The van der Waals surface area contributed by atoms with E-state index in [0.717, 1.165) is 25.1 Å². The number of likely N-dealkylation sites (tertiary alicyclic amines) is 1. The number of quaternary nitrogens is 1. The van der Waals surface area contributed by atoms with Crippen molar-refractivity contribution in [2.75, 3.05) is 26.2 Å². The number of carbonyl (C=O) groups is 2. The van der Waals surface area contributed by atoms with Crippen molar-refractivity contribution in [3.05, 3.63) is 71.3 Å². The second-order valence-electron chi connectivity index (χ2n) is 9.32. The summed E-state index contributed by atoms with van der Waals surface area (Å²) in [5.74, 6) is -1.27. The van der Waals surface area contributed by atoms with Crippen molar-refractivity contribution in [1.29, 1.82) is 0 Å². The van der Waals surface area contributed by atoms with E-state index in [4.69, 9.17) is 0 Å². The van der Waals surface area contributed by atoms with Gasteiger partial charge in [-0.1, -0.05) is 74.0 Å². The molecule has 0 radical (unpaired) electrons. The fourth-order valence-electron chi connectivity index (χ4n) is 4.87. The summed E-state index contributed by atoms with van der Waals surface area (Å²) in [6, 6.07) is 18.7. The van der Waals surface area contributed by atoms with Crippen LogP contribution >= 0.6 is 0 Å². The van der Waals surface area contributed by atoms with Crippen molar-refractivity contribution in [1.82, 2.24) is 5.32 Å². The number of hydrogen-bond acceptors (Lipinski definition) is 3. The van der Waals surface area contributed by atoms with E-state index >= 15 is 0 Å². The van der Waals surface area contributed by atoms with Gasteiger partial charge in [0.15, 0.2) is 0 Å². The number of carbonyl (C=O) groups excluding carboxylic acids is 2. The highest BCUT2D eigenvalue weighted by Crippen LogP contribution is 2.36. The second kappa shape index (κ2) is 10.1. The highest BCUT2D eigenvalue weighted by atomic mass is 16.4. The van der Waals surface area contributed by atoms with Crippen molar-refractivity contribution < 1.29 is 19.6 Å². The van der Waals surface area contributed by atoms with Crippen LogP contribution in [0.3, 0.4) is 0 Å². The Morgan fingerprint density at radius 3 is 2.58 bits per heavy atom. The number of amides is 1. The third kappa shape index (κ3) is 5.95. The zero-order valence-corrected chi connectivity index (χ0v) is 18.8. The first-order valence-electron chi connectivity index (χ1n) is 11.2. The number of nitrogens with one attached hydrogen (secondary N) is 2. The zero-order chi connectivity index (χ0) is 22.4. The summed E-state index contributed by atoms with van der Waals surface area (Å²) in [7, 11) is 0. The molecule has 4 atom stereocenters. The van der Waals surface area contributed by atoms with Crippen LogP contribution in [0, 0.1) is 18.8 Å². The lowest BCUT2D eigenvalue weighted by molar-refractivity contribution is -0.912. The Morgan fingerprint density at radius 2 is 1.94 bits per heavy atom. The lowest BCUT2D eigenvalue weighted by Gasteiger charge is -2.43. The molecule has 0 saturated carbocycles. The quantitative estimate of drug-likeness (QED) is 0.664. The van der Waals surface area contributed by atoms with Gasteiger partial charge in [0.25, 0.3) is 0 Å². The maximum Gasteiger partial charge on any atom is 0.229 e. The first-order valence-corrected chi connectivity index (χ1v) is 11.2. The Bertz CT molecular complexity index is 899. The lowest BCUT2D eigenvalue weighted by Crippen LogP contribution is -3.15. The minimum atomic E-state index is -1.26. The molecule has 2 aromatic carbocycles. The number of carboxylic acids is 1. The molecule has 5 heteroatoms. The van der Waals surface area contributed by atoms with Crippen LogP contribution in [0.25, 0.3) is 0 Å². The smallest absolute Gasteiger partial charge is 0.229 e. The molecule has 2 aromatic rings. The molecule has 31 heavy (non-hydrogen) atoms. The van der Waals surface area contributed by atoms with E-state index in [1.165, 1.54) is 16.0 Å². The van der Waals surface area contributed by atoms with Gasteiger partial charge in [0.2, 0.25) is 5.91 Å². The Morgan fingerprint density at radius 1 is 1.19 bits per heavy atom. The molecule has 1 aliphatic heterocycles. The van der Waals surface area contributed by atoms with Gasteiger partial charge in [-0.2, -0.15) is 0 Å². The van der Waals surface area contributed by atoms with Crippen LogP contribution in [-0.2, 0) is 21.4 Å². The van der Waals surface area contributed by atoms with Crippen LogP contribution in [0.15, 0.2) is 54.6 Å². The fraction of sp³-hybridized carbons (Fsp3) is 0.462. The average Bonchev–Trinajstić information content (AvgIpc) is 2.75. The molecule has 1 heterocycles. The summed E-state index contributed by atoms with van der Waals surface area (Å²) in [6.45, 7) is 9.04. The number of hydrogen-bond donors (Lipinski definition) is 2. The van der Waals surface area contributed by atoms with E-state index in [1.54, 1.807) is 0 Å². The fourth-order valence-corrected chi connectivity index (χ4v) is 4.87. The minimum Gasteiger partial charge on any atom is -0.548 e. The van der Waals surface area contributed by atoms with Crippen molar-refractivity contribution in [2.24, 2.45) is 11.8 Å². The van der Waals surface area contributed by atoms with Gasteiger partial charge >= 0.3 is 0 Å². The summed E-state index contributed by atoms with van der Waals surface area (Å²) >= 11 is 0. The maximum atomic E-state index is 12.8. The molecule has 5 nitrogen and oxygen atoms in total. The largest absolute Gasteiger partial charge is 0.548 e. The van der Waals surface area contributed by atoms with E-state index in [-0.39, 0.29) is 17.2 Å². The first-order chi connectivity index (χ1) is 14.8. The van der Waals surface area contributed by atoms with Crippen LogP contribution < -0.4 is 15.3 Å². The van der Waals surface area contributed by atoms with Crippen LogP contribution in [0.1, 0.15) is 37.0 Å². The van der Waals surface area contributed by atoms with Crippen molar-refractivity contribution in [3.63, 3.8) is 0 Å². The van der Waals surface area contributed by atoms with Gasteiger partial charge in [-0.15, -0.1) is 0 Å². The van der Waals surface area contributed by atoms with Crippen LogP contribution in [0.5, 0.6) is 0 Å². The van der Waals surface area contributed by atoms with E-state index in [0.29, 0.717) is 18.9 Å². The Kier molecular flexibility index (Phi) is 7.50. The maximum absolute atomic E-state index is 12.8. The zero-order valence-electron chi connectivity index (χ0n) is 18.8. The molecule has 0 spiro atoms. The topological polar surface area (TPSA) is 73.7 Å². The van der Waals surface area contributed by atoms with E-state index < -0.39 is 12.5 Å². The van der Waals surface area contributed by atoms with Gasteiger partial charge in [-0.3, -0.25) is 4.79 Å². The van der Waals surface area contributed by atoms with E-state index in [1.807, 2.05) is 30.3 Å². The molecule has 1 unspecified atom stereocenters. The predicted octanol–water partition coefficient (Wildman–Crippen LogP) is 0.902. The Balaban J connectivity index is 1.69.